The van der Waals surface area contributed by atoms with Gasteiger partial charge in [-0.25, -0.2) is 14.2 Å². The number of fused-ring (bicyclic) bond motifs is 1. The Morgan fingerprint density at radius 2 is 1.69 bits per heavy atom. The second kappa shape index (κ2) is 9.58. The zero-order valence-corrected chi connectivity index (χ0v) is 17.8. The Labute approximate surface area is 185 Å². The molecule has 0 unspecified atom stereocenters. The lowest BCUT2D eigenvalue weighted by Crippen LogP contribution is -2.10. The third-order valence-electron chi connectivity index (χ3n) is 5.16. The number of para-hydroxylation sites is 1. The summed E-state index contributed by atoms with van der Waals surface area (Å²) < 4.78 is 29.4. The van der Waals surface area contributed by atoms with Crippen LogP contribution < -0.4 is 4.74 Å². The van der Waals surface area contributed by atoms with Crippen molar-refractivity contribution in [3.8, 4) is 28.1 Å². The van der Waals surface area contributed by atoms with Crippen LogP contribution in [0.5, 0.6) is 5.75 Å². The smallest absolute Gasteiger partial charge is 0.331 e. The minimum atomic E-state index is -0.471. The van der Waals surface area contributed by atoms with Crippen LogP contribution in [0.25, 0.3) is 33.3 Å². The summed E-state index contributed by atoms with van der Waals surface area (Å²) in [6.45, 7) is -0.0531. The van der Waals surface area contributed by atoms with Gasteiger partial charge in [-0.3, -0.25) is 0 Å². The minimum absolute atomic E-state index is 0.129. The normalized spacial score (nSPS) is 10.8. The summed E-state index contributed by atoms with van der Waals surface area (Å²) in [7, 11) is 2.95. The molecule has 1 heterocycles. The van der Waals surface area contributed by atoms with Crippen LogP contribution in [0.2, 0.25) is 0 Å². The first kappa shape index (κ1) is 21.5. The maximum atomic E-state index is 13.9. The van der Waals surface area contributed by atoms with Crippen LogP contribution >= 0.6 is 0 Å². The number of nitrogens with zero attached hydrogens (tertiary/aromatic N) is 1. The molecule has 0 aliphatic rings. The van der Waals surface area contributed by atoms with E-state index in [2.05, 4.69) is 4.74 Å². The highest BCUT2D eigenvalue weighted by molar-refractivity contribution is 5.85. The molecule has 0 bridgehead atoms. The number of aromatic nitrogens is 1. The number of pyridine rings is 1. The summed E-state index contributed by atoms with van der Waals surface area (Å²) >= 11 is 0. The van der Waals surface area contributed by atoms with Crippen molar-refractivity contribution in [3.05, 3.63) is 84.2 Å². The number of methoxy groups -OCH3 is 2. The van der Waals surface area contributed by atoms with Gasteiger partial charge in [0, 0.05) is 16.5 Å². The molecule has 4 aromatic rings. The summed E-state index contributed by atoms with van der Waals surface area (Å²) in [5.41, 5.74) is 5.05. The molecule has 0 fully saturated rings. The van der Waals surface area contributed by atoms with Crippen molar-refractivity contribution in [2.45, 2.75) is 6.61 Å². The van der Waals surface area contributed by atoms with Gasteiger partial charge < -0.3 is 14.2 Å². The Morgan fingerprint density at radius 3 is 2.44 bits per heavy atom. The van der Waals surface area contributed by atoms with E-state index >= 15 is 0 Å². The van der Waals surface area contributed by atoms with E-state index < -0.39 is 5.97 Å². The number of carbonyl (C=O) groups excluding carboxylic acids is 1. The van der Waals surface area contributed by atoms with Gasteiger partial charge in [-0.1, -0.05) is 42.5 Å². The number of ether oxygens (including phenoxy) is 3. The quantitative estimate of drug-likeness (QED) is 0.367. The fraction of sp³-hybridized carbons (Fsp3) is 0.154. The molecule has 6 heteroatoms. The molecule has 0 saturated carbocycles. The fourth-order valence-electron chi connectivity index (χ4n) is 3.54. The predicted octanol–water partition coefficient (Wildman–Crippen LogP) is 5.41. The topological polar surface area (TPSA) is 57.7 Å². The SMILES string of the molecule is COC(=O)COCc1cc(-c2ccc(-c3ccccc3OC)cc2)nc2ccc(F)cc12. The van der Waals surface area contributed by atoms with E-state index in [4.69, 9.17) is 14.5 Å². The molecule has 0 radical (unpaired) electrons. The number of benzene rings is 3. The van der Waals surface area contributed by atoms with Crippen LogP contribution in [0.4, 0.5) is 4.39 Å². The molecule has 0 amide bonds. The van der Waals surface area contributed by atoms with Gasteiger partial charge in [-0.2, -0.15) is 0 Å². The van der Waals surface area contributed by atoms with Crippen LogP contribution in [0.15, 0.2) is 72.8 Å². The zero-order chi connectivity index (χ0) is 22.5. The molecule has 0 aliphatic heterocycles. The molecule has 0 atom stereocenters. The van der Waals surface area contributed by atoms with Crippen molar-refractivity contribution in [1.82, 2.24) is 4.98 Å². The van der Waals surface area contributed by atoms with Crippen molar-refractivity contribution < 1.29 is 23.4 Å². The van der Waals surface area contributed by atoms with Crippen molar-refractivity contribution in [1.29, 1.82) is 0 Å². The number of rotatable bonds is 7. The van der Waals surface area contributed by atoms with Gasteiger partial charge in [0.2, 0.25) is 0 Å². The van der Waals surface area contributed by atoms with Crippen molar-refractivity contribution >= 4 is 16.9 Å². The number of carbonyl (C=O) groups is 1. The van der Waals surface area contributed by atoms with Gasteiger partial charge in [-0.15, -0.1) is 0 Å². The van der Waals surface area contributed by atoms with E-state index in [0.717, 1.165) is 33.7 Å². The molecule has 0 saturated heterocycles. The Balaban J connectivity index is 1.69. The number of esters is 1. The molecule has 3 aromatic carbocycles. The van der Waals surface area contributed by atoms with E-state index in [9.17, 15) is 9.18 Å². The fourth-order valence-corrected chi connectivity index (χ4v) is 3.54. The highest BCUT2D eigenvalue weighted by Gasteiger charge is 2.11. The maximum absolute atomic E-state index is 13.9. The molecule has 162 valence electrons. The van der Waals surface area contributed by atoms with E-state index in [1.807, 2.05) is 54.6 Å². The van der Waals surface area contributed by atoms with Crippen LogP contribution in [-0.2, 0) is 20.9 Å². The summed E-state index contributed by atoms with van der Waals surface area (Å²) in [5.74, 6) is -0.0275. The standard InChI is InChI=1S/C26H22FNO4/c1-30-25-6-4-3-5-21(25)17-7-9-18(10-8-17)24-13-19(15-32-16-26(29)31-2)22-14-20(27)11-12-23(22)28-24/h3-14H,15-16H2,1-2H3. The molecule has 0 aliphatic carbocycles. The number of halogens is 1. The molecule has 5 nitrogen and oxygen atoms in total. The molecule has 0 spiro atoms. The second-order valence-electron chi connectivity index (χ2n) is 7.17. The lowest BCUT2D eigenvalue weighted by molar-refractivity contribution is -0.146. The van der Waals surface area contributed by atoms with Crippen LogP contribution in [0.1, 0.15) is 5.56 Å². The van der Waals surface area contributed by atoms with Crippen LogP contribution in [-0.4, -0.2) is 31.8 Å². The lowest BCUT2D eigenvalue weighted by atomic mass is 10.00. The van der Waals surface area contributed by atoms with E-state index in [-0.39, 0.29) is 19.0 Å². The van der Waals surface area contributed by atoms with Crippen molar-refractivity contribution in [2.75, 3.05) is 20.8 Å². The molecular formula is C26H22FNO4. The Morgan fingerprint density at radius 1 is 0.938 bits per heavy atom. The molecule has 1 aromatic heterocycles. The largest absolute Gasteiger partial charge is 0.496 e. The summed E-state index contributed by atoms with van der Waals surface area (Å²) in [6.07, 6.45) is 0. The molecular weight excluding hydrogens is 409 g/mol. The number of hydrogen-bond donors (Lipinski definition) is 0. The van der Waals surface area contributed by atoms with Crippen molar-refractivity contribution in [3.63, 3.8) is 0 Å². The highest BCUT2D eigenvalue weighted by atomic mass is 19.1. The Kier molecular flexibility index (Phi) is 6.42. The van der Waals surface area contributed by atoms with Gasteiger partial charge in [-0.05, 0) is 41.5 Å². The predicted molar refractivity (Wildman–Crippen MR) is 121 cm³/mol. The lowest BCUT2D eigenvalue weighted by Gasteiger charge is -2.12. The average molecular weight is 431 g/mol. The first-order chi connectivity index (χ1) is 15.6. The van der Waals surface area contributed by atoms with Crippen LogP contribution in [0.3, 0.4) is 0 Å². The van der Waals surface area contributed by atoms with Gasteiger partial charge in [0.15, 0.2) is 0 Å². The minimum Gasteiger partial charge on any atom is -0.496 e. The first-order valence-corrected chi connectivity index (χ1v) is 10.1. The van der Waals surface area contributed by atoms with Gasteiger partial charge in [0.25, 0.3) is 0 Å². The zero-order valence-electron chi connectivity index (χ0n) is 17.8. The van der Waals surface area contributed by atoms with Gasteiger partial charge in [0.05, 0.1) is 32.0 Å². The first-order valence-electron chi connectivity index (χ1n) is 10.1. The Hall–Kier alpha value is -3.77. The summed E-state index contributed by atoms with van der Waals surface area (Å²) in [4.78, 5) is 16.1. The van der Waals surface area contributed by atoms with Crippen molar-refractivity contribution in [2.24, 2.45) is 0 Å². The van der Waals surface area contributed by atoms with Gasteiger partial charge in [0.1, 0.15) is 18.2 Å². The summed E-state index contributed by atoms with van der Waals surface area (Å²) in [5, 5.41) is 0.643. The van der Waals surface area contributed by atoms with Crippen LogP contribution in [0, 0.1) is 5.82 Å². The Bertz CT molecular complexity index is 1250. The monoisotopic (exact) mass is 431 g/mol. The van der Waals surface area contributed by atoms with E-state index in [1.165, 1.54) is 19.2 Å². The molecule has 4 rings (SSSR count). The van der Waals surface area contributed by atoms with E-state index in [1.54, 1.807) is 13.2 Å². The molecule has 0 N–H and O–H groups in total. The summed E-state index contributed by atoms with van der Waals surface area (Å²) in [6, 6.07) is 22.1. The maximum Gasteiger partial charge on any atom is 0.331 e. The van der Waals surface area contributed by atoms with Gasteiger partial charge >= 0.3 is 5.97 Å². The highest BCUT2D eigenvalue weighted by Crippen LogP contribution is 2.32. The third kappa shape index (κ3) is 4.60. The third-order valence-corrected chi connectivity index (χ3v) is 5.16. The van der Waals surface area contributed by atoms with E-state index in [0.29, 0.717) is 10.9 Å². The second-order valence-corrected chi connectivity index (χ2v) is 7.17. The number of hydrogen-bond acceptors (Lipinski definition) is 5. The average Bonchev–Trinajstić information content (AvgIpc) is 2.84. The molecule has 32 heavy (non-hydrogen) atoms.